The summed E-state index contributed by atoms with van der Waals surface area (Å²) in [5, 5.41) is 14.8. The number of benzene rings is 2. The van der Waals surface area contributed by atoms with Gasteiger partial charge in [0.2, 0.25) is 0 Å². The predicted octanol–water partition coefficient (Wildman–Crippen LogP) is 4.27. The Morgan fingerprint density at radius 3 is 2.70 bits per heavy atom. The van der Waals surface area contributed by atoms with Crippen LogP contribution in [0.4, 0.5) is 0 Å². The summed E-state index contributed by atoms with van der Waals surface area (Å²) in [6, 6.07) is 12.7. The zero-order valence-electron chi connectivity index (χ0n) is 14.2. The molecule has 2 aromatic carbocycles. The van der Waals surface area contributed by atoms with E-state index in [1.54, 1.807) is 0 Å². The average Bonchev–Trinajstić information content (AvgIpc) is 2.59. The molecule has 0 spiro atoms. The molecule has 2 aromatic rings. The van der Waals surface area contributed by atoms with Crippen LogP contribution in [0.1, 0.15) is 44.6 Å². The summed E-state index contributed by atoms with van der Waals surface area (Å²) in [6.07, 6.45) is 5.64. The normalized spacial score (nSPS) is 11.0. The van der Waals surface area contributed by atoms with Gasteiger partial charge in [-0.05, 0) is 36.2 Å². The highest BCUT2D eigenvalue weighted by molar-refractivity contribution is 5.87. The monoisotopic (exact) mass is 315 g/mol. The van der Waals surface area contributed by atoms with Gasteiger partial charge in [0, 0.05) is 18.7 Å². The van der Waals surface area contributed by atoms with Gasteiger partial charge < -0.3 is 15.2 Å². The molecule has 0 aliphatic rings. The quantitative estimate of drug-likeness (QED) is 0.608. The Bertz CT molecular complexity index is 583. The van der Waals surface area contributed by atoms with Crippen LogP contribution in [0, 0.1) is 0 Å². The second kappa shape index (κ2) is 10.2. The van der Waals surface area contributed by atoms with Crippen LogP contribution in [-0.2, 0) is 6.54 Å². The van der Waals surface area contributed by atoms with Crippen molar-refractivity contribution in [3.63, 3.8) is 0 Å². The van der Waals surface area contributed by atoms with Crippen LogP contribution >= 0.6 is 0 Å². The molecule has 3 heteroatoms. The Kier molecular flexibility index (Phi) is 7.91. The van der Waals surface area contributed by atoms with Crippen LogP contribution < -0.4 is 10.1 Å². The van der Waals surface area contributed by atoms with E-state index in [9.17, 15) is 0 Å². The fraction of sp³-hybridized carbons (Fsp3) is 0.500. The van der Waals surface area contributed by atoms with Crippen molar-refractivity contribution in [2.45, 2.75) is 45.6 Å². The second-order valence-corrected chi connectivity index (χ2v) is 5.93. The van der Waals surface area contributed by atoms with Gasteiger partial charge in [-0.25, -0.2) is 0 Å². The van der Waals surface area contributed by atoms with Crippen LogP contribution in [0.25, 0.3) is 10.8 Å². The van der Waals surface area contributed by atoms with Gasteiger partial charge in [-0.1, -0.05) is 56.5 Å². The van der Waals surface area contributed by atoms with Crippen molar-refractivity contribution in [2.75, 3.05) is 19.8 Å². The fourth-order valence-corrected chi connectivity index (χ4v) is 2.76. The third kappa shape index (κ3) is 5.52. The Morgan fingerprint density at radius 2 is 1.87 bits per heavy atom. The summed E-state index contributed by atoms with van der Waals surface area (Å²) in [6.45, 7) is 4.81. The van der Waals surface area contributed by atoms with Crippen LogP contribution in [0.5, 0.6) is 5.75 Å². The van der Waals surface area contributed by atoms with E-state index in [4.69, 9.17) is 9.84 Å². The molecule has 3 nitrogen and oxygen atoms in total. The Balaban J connectivity index is 2.07. The number of unbranched alkanes of at least 4 members (excludes halogenated alkanes) is 3. The number of rotatable bonds is 11. The van der Waals surface area contributed by atoms with Crippen molar-refractivity contribution in [1.29, 1.82) is 0 Å². The van der Waals surface area contributed by atoms with Gasteiger partial charge in [-0.3, -0.25) is 0 Å². The molecule has 2 N–H and O–H groups in total. The highest BCUT2D eigenvalue weighted by Gasteiger charge is 2.08. The molecule has 0 aromatic heterocycles. The van der Waals surface area contributed by atoms with Gasteiger partial charge in [0.25, 0.3) is 0 Å². The lowest BCUT2D eigenvalue weighted by Gasteiger charge is -2.15. The van der Waals surface area contributed by atoms with Gasteiger partial charge in [0.05, 0.1) is 6.61 Å². The maximum atomic E-state index is 8.91. The zero-order valence-corrected chi connectivity index (χ0v) is 14.2. The molecule has 0 radical (unpaired) electrons. The molecular formula is C20H29NO2. The number of ether oxygens (including phenoxy) is 1. The topological polar surface area (TPSA) is 41.5 Å². The number of hydrogen-bond acceptors (Lipinski definition) is 3. The lowest BCUT2D eigenvalue weighted by molar-refractivity contribution is 0.285. The first-order valence-corrected chi connectivity index (χ1v) is 8.81. The van der Waals surface area contributed by atoms with Crippen molar-refractivity contribution in [3.05, 3.63) is 42.0 Å². The maximum absolute atomic E-state index is 8.91. The Labute approximate surface area is 139 Å². The van der Waals surface area contributed by atoms with Crippen LogP contribution in [0.2, 0.25) is 0 Å². The van der Waals surface area contributed by atoms with Crippen molar-refractivity contribution in [2.24, 2.45) is 0 Å². The molecule has 0 amide bonds. The van der Waals surface area contributed by atoms with Crippen molar-refractivity contribution < 1.29 is 9.84 Å². The number of aliphatic hydroxyl groups excluding tert-OH is 1. The third-order valence-electron chi connectivity index (χ3n) is 4.07. The van der Waals surface area contributed by atoms with E-state index in [1.165, 1.54) is 35.6 Å². The number of fused-ring (bicyclic) bond motifs is 1. The molecule has 0 aliphatic heterocycles. The minimum Gasteiger partial charge on any atom is -0.493 e. The highest BCUT2D eigenvalue weighted by Crippen LogP contribution is 2.28. The van der Waals surface area contributed by atoms with Crippen molar-refractivity contribution in [3.8, 4) is 5.75 Å². The number of nitrogens with one attached hydrogen (secondary N) is 1. The summed E-state index contributed by atoms with van der Waals surface area (Å²) in [7, 11) is 0. The summed E-state index contributed by atoms with van der Waals surface area (Å²) in [5.74, 6) is 0.983. The SMILES string of the molecule is CCCCCCOc1ccc2ccccc2c1CNCCCO. The third-order valence-corrected chi connectivity index (χ3v) is 4.07. The first-order valence-electron chi connectivity index (χ1n) is 8.81. The fourth-order valence-electron chi connectivity index (χ4n) is 2.76. The first kappa shape index (κ1) is 17.8. The second-order valence-electron chi connectivity index (χ2n) is 5.93. The van der Waals surface area contributed by atoms with Gasteiger partial charge in [0.1, 0.15) is 5.75 Å². The van der Waals surface area contributed by atoms with Crippen molar-refractivity contribution in [1.82, 2.24) is 5.32 Å². The molecular weight excluding hydrogens is 286 g/mol. The van der Waals surface area contributed by atoms with Crippen LogP contribution in [0.15, 0.2) is 36.4 Å². The van der Waals surface area contributed by atoms with E-state index < -0.39 is 0 Å². The van der Waals surface area contributed by atoms with Gasteiger partial charge in [0.15, 0.2) is 0 Å². The van der Waals surface area contributed by atoms with E-state index in [2.05, 4.69) is 48.6 Å². The lowest BCUT2D eigenvalue weighted by Crippen LogP contribution is -2.17. The minimum atomic E-state index is 0.226. The molecule has 126 valence electrons. The molecule has 0 saturated heterocycles. The molecule has 0 atom stereocenters. The van der Waals surface area contributed by atoms with Gasteiger partial charge in [-0.15, -0.1) is 0 Å². The molecule has 0 fully saturated rings. The summed E-state index contributed by atoms with van der Waals surface area (Å²) < 4.78 is 6.06. The molecule has 0 saturated carbocycles. The standard InChI is InChI=1S/C20H29NO2/c1-2-3-4-7-15-23-20-12-11-17-9-5-6-10-18(17)19(20)16-21-13-8-14-22/h5-6,9-12,21-22H,2-4,7-8,13-16H2,1H3. The maximum Gasteiger partial charge on any atom is 0.124 e. The molecule has 2 rings (SSSR count). The average molecular weight is 315 g/mol. The van der Waals surface area contributed by atoms with E-state index >= 15 is 0 Å². The number of hydrogen-bond donors (Lipinski definition) is 2. The zero-order chi connectivity index (χ0) is 16.3. The lowest BCUT2D eigenvalue weighted by atomic mass is 10.0. The Hall–Kier alpha value is -1.58. The summed E-state index contributed by atoms with van der Waals surface area (Å²) in [4.78, 5) is 0. The minimum absolute atomic E-state index is 0.226. The first-order chi connectivity index (χ1) is 11.4. The molecule has 0 unspecified atom stereocenters. The van der Waals surface area contributed by atoms with Crippen LogP contribution in [-0.4, -0.2) is 24.9 Å². The number of aliphatic hydroxyl groups is 1. The van der Waals surface area contributed by atoms with E-state index in [1.807, 2.05) is 0 Å². The largest absolute Gasteiger partial charge is 0.493 e. The van der Waals surface area contributed by atoms with Crippen molar-refractivity contribution >= 4 is 10.8 Å². The smallest absolute Gasteiger partial charge is 0.124 e. The summed E-state index contributed by atoms with van der Waals surface area (Å²) in [5.41, 5.74) is 1.22. The highest BCUT2D eigenvalue weighted by atomic mass is 16.5. The predicted molar refractivity (Wildman–Crippen MR) is 97.0 cm³/mol. The molecule has 0 bridgehead atoms. The summed E-state index contributed by atoms with van der Waals surface area (Å²) >= 11 is 0. The molecule has 23 heavy (non-hydrogen) atoms. The van der Waals surface area contributed by atoms with Gasteiger partial charge in [-0.2, -0.15) is 0 Å². The van der Waals surface area contributed by atoms with Gasteiger partial charge >= 0.3 is 0 Å². The van der Waals surface area contributed by atoms with E-state index in [0.717, 1.165) is 38.3 Å². The van der Waals surface area contributed by atoms with Crippen LogP contribution in [0.3, 0.4) is 0 Å². The van der Waals surface area contributed by atoms with E-state index in [-0.39, 0.29) is 6.61 Å². The molecule has 0 heterocycles. The molecule has 0 aliphatic carbocycles. The van der Waals surface area contributed by atoms with E-state index in [0.29, 0.717) is 0 Å². The Morgan fingerprint density at radius 1 is 1.00 bits per heavy atom.